The smallest absolute Gasteiger partial charge is 0.349 e. The van der Waals surface area contributed by atoms with Gasteiger partial charge in [0.25, 0.3) is 0 Å². The lowest BCUT2D eigenvalue weighted by atomic mass is 9.95. The summed E-state index contributed by atoms with van der Waals surface area (Å²) in [5.41, 5.74) is 6.49. The first-order chi connectivity index (χ1) is 13.0. The molecule has 1 aromatic heterocycles. The minimum absolute atomic E-state index is 0.0375. The Kier molecular flexibility index (Phi) is 6.31. The Morgan fingerprint density at radius 1 is 1.26 bits per heavy atom. The maximum Gasteiger partial charge on any atom is 0.349 e. The van der Waals surface area contributed by atoms with E-state index in [1.165, 1.54) is 11.4 Å². The molecule has 0 atom stereocenters. The van der Waals surface area contributed by atoms with Gasteiger partial charge in [0, 0.05) is 18.0 Å². The van der Waals surface area contributed by atoms with E-state index in [1.807, 2.05) is 30.3 Å². The summed E-state index contributed by atoms with van der Waals surface area (Å²) in [4.78, 5) is 13.1. The van der Waals surface area contributed by atoms with Gasteiger partial charge in [-0.2, -0.15) is 4.31 Å². The zero-order chi connectivity index (χ0) is 19.4. The highest BCUT2D eigenvalue weighted by Crippen LogP contribution is 2.37. The Morgan fingerprint density at radius 3 is 2.52 bits per heavy atom. The molecule has 0 radical (unpaired) electrons. The molecule has 0 aliphatic carbocycles. The minimum atomic E-state index is -3.76. The topological polar surface area (TPSA) is 89.7 Å². The van der Waals surface area contributed by atoms with Crippen molar-refractivity contribution < 1.29 is 17.9 Å². The third-order valence-electron chi connectivity index (χ3n) is 4.89. The number of nitrogens with two attached hydrogens (primary N) is 1. The van der Waals surface area contributed by atoms with E-state index in [9.17, 15) is 13.2 Å². The molecule has 1 aliphatic heterocycles. The SMILES string of the molecule is COC(=O)c1sc(-c2ccccc2)cc1S(=O)(=O)N1CCC(CCN)CC1. The van der Waals surface area contributed by atoms with Gasteiger partial charge in [-0.3, -0.25) is 0 Å². The number of rotatable bonds is 6. The van der Waals surface area contributed by atoms with Crippen LogP contribution in [0.2, 0.25) is 0 Å². The molecule has 8 heteroatoms. The van der Waals surface area contributed by atoms with Crippen LogP contribution in [0.3, 0.4) is 0 Å². The second-order valence-corrected chi connectivity index (χ2v) is 9.54. The quantitative estimate of drug-likeness (QED) is 0.742. The number of piperidine rings is 1. The number of esters is 1. The summed E-state index contributed by atoms with van der Waals surface area (Å²) in [6.07, 6.45) is 2.50. The van der Waals surface area contributed by atoms with Crippen LogP contribution in [0.1, 0.15) is 28.9 Å². The maximum atomic E-state index is 13.2. The Morgan fingerprint density at radius 2 is 1.93 bits per heavy atom. The van der Waals surface area contributed by atoms with Crippen molar-refractivity contribution in [3.8, 4) is 10.4 Å². The third kappa shape index (κ3) is 4.24. The van der Waals surface area contributed by atoms with Gasteiger partial charge in [0.05, 0.1) is 7.11 Å². The van der Waals surface area contributed by atoms with E-state index in [0.717, 1.165) is 41.0 Å². The number of hydrogen-bond acceptors (Lipinski definition) is 6. The lowest BCUT2D eigenvalue weighted by Gasteiger charge is -2.31. The summed E-state index contributed by atoms with van der Waals surface area (Å²) in [7, 11) is -2.50. The molecule has 2 aromatic rings. The maximum absolute atomic E-state index is 13.2. The molecule has 0 unspecified atom stereocenters. The molecule has 1 aromatic carbocycles. The van der Waals surface area contributed by atoms with E-state index in [-0.39, 0.29) is 9.77 Å². The fourth-order valence-electron chi connectivity index (χ4n) is 3.36. The van der Waals surface area contributed by atoms with Gasteiger partial charge < -0.3 is 10.5 Å². The number of hydrogen-bond donors (Lipinski definition) is 1. The van der Waals surface area contributed by atoms with Crippen LogP contribution in [0, 0.1) is 5.92 Å². The number of benzene rings is 1. The second kappa shape index (κ2) is 8.52. The number of thiophene rings is 1. The molecular formula is C19H24N2O4S2. The van der Waals surface area contributed by atoms with Crippen molar-refractivity contribution in [1.82, 2.24) is 4.31 Å². The molecule has 146 valence electrons. The van der Waals surface area contributed by atoms with Crippen LogP contribution in [0.15, 0.2) is 41.3 Å². The van der Waals surface area contributed by atoms with Crippen molar-refractivity contribution in [1.29, 1.82) is 0 Å². The molecule has 6 nitrogen and oxygen atoms in total. The molecule has 0 bridgehead atoms. The zero-order valence-electron chi connectivity index (χ0n) is 15.3. The Balaban J connectivity index is 1.94. The van der Waals surface area contributed by atoms with E-state index in [2.05, 4.69) is 0 Å². The number of methoxy groups -OCH3 is 1. The van der Waals surface area contributed by atoms with E-state index < -0.39 is 16.0 Å². The highest BCUT2D eigenvalue weighted by atomic mass is 32.2. The zero-order valence-corrected chi connectivity index (χ0v) is 16.9. The highest BCUT2D eigenvalue weighted by molar-refractivity contribution is 7.89. The van der Waals surface area contributed by atoms with Gasteiger partial charge >= 0.3 is 5.97 Å². The fraction of sp³-hybridized carbons (Fsp3) is 0.421. The van der Waals surface area contributed by atoms with Crippen molar-refractivity contribution in [3.63, 3.8) is 0 Å². The molecule has 1 fully saturated rings. The largest absolute Gasteiger partial charge is 0.465 e. The third-order valence-corrected chi connectivity index (χ3v) is 8.11. The first-order valence-corrected chi connectivity index (χ1v) is 11.2. The van der Waals surface area contributed by atoms with Crippen LogP contribution in [0.5, 0.6) is 0 Å². The minimum Gasteiger partial charge on any atom is -0.465 e. The molecule has 0 saturated carbocycles. The average Bonchev–Trinajstić information content (AvgIpc) is 3.15. The first kappa shape index (κ1) is 20.0. The molecule has 2 heterocycles. The van der Waals surface area contributed by atoms with Gasteiger partial charge in [0.15, 0.2) is 0 Å². The van der Waals surface area contributed by atoms with E-state index in [0.29, 0.717) is 25.6 Å². The molecule has 0 spiro atoms. The normalized spacial score (nSPS) is 16.4. The Hall–Kier alpha value is -1.74. The van der Waals surface area contributed by atoms with Gasteiger partial charge in [-0.25, -0.2) is 13.2 Å². The summed E-state index contributed by atoms with van der Waals surface area (Å²) < 4.78 is 32.8. The fourth-order valence-corrected chi connectivity index (χ4v) is 6.41. The molecule has 1 saturated heterocycles. The summed E-state index contributed by atoms with van der Waals surface area (Å²) in [5, 5.41) is 0. The van der Waals surface area contributed by atoms with E-state index in [1.54, 1.807) is 6.07 Å². The number of ether oxygens (including phenoxy) is 1. The average molecular weight is 409 g/mol. The number of carbonyl (C=O) groups excluding carboxylic acids is 1. The van der Waals surface area contributed by atoms with Gasteiger partial charge in [-0.15, -0.1) is 11.3 Å². The van der Waals surface area contributed by atoms with Crippen molar-refractivity contribution >= 4 is 27.3 Å². The molecule has 3 rings (SSSR count). The molecular weight excluding hydrogens is 384 g/mol. The second-order valence-electron chi connectivity index (χ2n) is 6.59. The van der Waals surface area contributed by atoms with E-state index in [4.69, 9.17) is 10.5 Å². The van der Waals surface area contributed by atoms with Gasteiger partial charge in [-0.05, 0) is 43.4 Å². The number of carbonyl (C=O) groups is 1. The van der Waals surface area contributed by atoms with Crippen molar-refractivity contribution in [2.24, 2.45) is 11.7 Å². The molecule has 27 heavy (non-hydrogen) atoms. The standard InChI is InChI=1S/C19H24N2O4S2/c1-25-19(22)18-17(13-16(26-18)15-5-3-2-4-6-15)27(23,24)21-11-8-14(7-10-20)9-12-21/h2-6,13-14H,7-12,20H2,1H3. The summed E-state index contributed by atoms with van der Waals surface area (Å²) in [6.45, 7) is 1.52. The molecule has 0 amide bonds. The molecule has 2 N–H and O–H groups in total. The van der Waals surface area contributed by atoms with Crippen LogP contribution >= 0.6 is 11.3 Å². The van der Waals surface area contributed by atoms with Crippen LogP contribution in [0.4, 0.5) is 0 Å². The van der Waals surface area contributed by atoms with Gasteiger partial charge in [0.1, 0.15) is 9.77 Å². The monoisotopic (exact) mass is 408 g/mol. The Bertz CT molecular complexity index is 886. The van der Waals surface area contributed by atoms with Crippen LogP contribution in [0.25, 0.3) is 10.4 Å². The van der Waals surface area contributed by atoms with Crippen LogP contribution < -0.4 is 5.73 Å². The van der Waals surface area contributed by atoms with Crippen molar-refractivity contribution in [2.75, 3.05) is 26.7 Å². The summed E-state index contributed by atoms with van der Waals surface area (Å²) >= 11 is 1.15. The lowest BCUT2D eigenvalue weighted by molar-refractivity contribution is 0.0602. The lowest BCUT2D eigenvalue weighted by Crippen LogP contribution is -2.39. The summed E-state index contributed by atoms with van der Waals surface area (Å²) in [5.74, 6) is -0.164. The first-order valence-electron chi connectivity index (χ1n) is 8.95. The van der Waals surface area contributed by atoms with Gasteiger partial charge in [0.2, 0.25) is 10.0 Å². The highest BCUT2D eigenvalue weighted by Gasteiger charge is 2.34. The van der Waals surface area contributed by atoms with Crippen LogP contribution in [-0.2, 0) is 14.8 Å². The van der Waals surface area contributed by atoms with E-state index >= 15 is 0 Å². The Labute approximate surface area is 164 Å². The van der Waals surface area contributed by atoms with Crippen molar-refractivity contribution in [3.05, 3.63) is 41.3 Å². The molecule has 1 aliphatic rings. The predicted octanol–water partition coefficient (Wildman–Crippen LogP) is 2.95. The number of nitrogens with zero attached hydrogens (tertiary/aromatic N) is 1. The van der Waals surface area contributed by atoms with Gasteiger partial charge in [-0.1, -0.05) is 30.3 Å². The van der Waals surface area contributed by atoms with Crippen molar-refractivity contribution in [2.45, 2.75) is 24.2 Å². The van der Waals surface area contributed by atoms with Crippen LogP contribution in [-0.4, -0.2) is 45.4 Å². The number of sulfonamides is 1. The summed E-state index contributed by atoms with van der Waals surface area (Å²) in [6, 6.07) is 11.0. The predicted molar refractivity (Wildman–Crippen MR) is 106 cm³/mol.